The fourth-order valence-corrected chi connectivity index (χ4v) is 6.23. The number of nitrogens with two attached hydrogens (primary N) is 1. The summed E-state index contributed by atoms with van der Waals surface area (Å²) in [6.45, 7) is 4.62. The van der Waals surface area contributed by atoms with E-state index >= 15 is 0 Å². The van der Waals surface area contributed by atoms with Crippen molar-refractivity contribution in [3.8, 4) is 22.8 Å². The van der Waals surface area contributed by atoms with Gasteiger partial charge in [-0.15, -0.1) is 0 Å². The van der Waals surface area contributed by atoms with Crippen molar-refractivity contribution in [2.24, 2.45) is 11.8 Å². The lowest BCUT2D eigenvalue weighted by molar-refractivity contribution is 0.00967. The number of hydrogen-bond donors (Lipinski definition) is 2. The van der Waals surface area contributed by atoms with Gasteiger partial charge in [-0.3, -0.25) is 4.90 Å². The molecule has 8 nitrogen and oxygen atoms in total. The molecule has 7 rings (SSSR count). The van der Waals surface area contributed by atoms with E-state index in [1.54, 1.807) is 6.33 Å². The van der Waals surface area contributed by atoms with Gasteiger partial charge in [0, 0.05) is 18.2 Å². The predicted octanol–water partition coefficient (Wildman–Crippen LogP) is 4.50. The second kappa shape index (κ2) is 9.43. The minimum atomic E-state index is 0.282. The second-order valence-corrected chi connectivity index (χ2v) is 10.8. The van der Waals surface area contributed by atoms with Crippen LogP contribution in [0.4, 0.5) is 5.82 Å². The fourth-order valence-electron chi connectivity index (χ4n) is 6.23. The molecule has 3 aliphatic rings. The average molecular weight is 496 g/mol. The van der Waals surface area contributed by atoms with E-state index < -0.39 is 0 Å². The van der Waals surface area contributed by atoms with Crippen LogP contribution in [0.5, 0.6) is 11.5 Å². The number of hydrogen-bond acceptors (Lipinski definition) is 7. The van der Waals surface area contributed by atoms with Crippen molar-refractivity contribution >= 4 is 16.9 Å². The van der Waals surface area contributed by atoms with Gasteiger partial charge in [0.25, 0.3) is 0 Å². The van der Waals surface area contributed by atoms with Crippen LogP contribution in [0, 0.1) is 11.8 Å². The number of likely N-dealkylation sites (tertiary alicyclic amines) is 1. The molecule has 3 fully saturated rings. The normalized spacial score (nSPS) is 24.5. The van der Waals surface area contributed by atoms with Gasteiger partial charge in [0.15, 0.2) is 5.65 Å². The summed E-state index contributed by atoms with van der Waals surface area (Å²) in [4.78, 5) is 11.7. The number of anilines is 1. The van der Waals surface area contributed by atoms with Crippen LogP contribution >= 0.6 is 0 Å². The number of rotatable bonds is 6. The lowest BCUT2D eigenvalue weighted by Crippen LogP contribution is -2.56. The summed E-state index contributed by atoms with van der Waals surface area (Å²) in [5.74, 6) is 3.87. The number of piperidine rings is 1. The molecule has 4 aromatic rings. The number of aromatic nitrogens is 4. The van der Waals surface area contributed by atoms with Crippen LogP contribution in [0.25, 0.3) is 22.3 Å². The number of para-hydroxylation sites is 1. The zero-order valence-corrected chi connectivity index (χ0v) is 21.0. The number of nitrogens with one attached hydrogen (secondary N) is 1. The van der Waals surface area contributed by atoms with Gasteiger partial charge in [-0.2, -0.15) is 5.10 Å². The largest absolute Gasteiger partial charge is 0.457 e. The molecule has 1 atom stereocenters. The van der Waals surface area contributed by atoms with Crippen molar-refractivity contribution in [2.45, 2.75) is 37.8 Å². The molecule has 0 amide bonds. The number of nitrogens with zero attached hydrogens (tertiary/aromatic N) is 5. The number of nitrogen functional groups attached to an aromatic ring is 1. The number of ether oxygens (including phenoxy) is 1. The van der Waals surface area contributed by atoms with Crippen molar-refractivity contribution in [3.05, 3.63) is 60.9 Å². The second-order valence-electron chi connectivity index (χ2n) is 10.8. The van der Waals surface area contributed by atoms with E-state index in [0.717, 1.165) is 58.6 Å². The Labute approximate surface area is 216 Å². The first-order valence-electron chi connectivity index (χ1n) is 13.5. The molecule has 0 bridgehead atoms. The lowest BCUT2D eigenvalue weighted by atomic mass is 9.69. The van der Waals surface area contributed by atoms with E-state index in [2.05, 4.69) is 24.9 Å². The summed E-state index contributed by atoms with van der Waals surface area (Å²) in [6, 6.07) is 18.8. The van der Waals surface area contributed by atoms with Crippen molar-refractivity contribution in [1.29, 1.82) is 0 Å². The van der Waals surface area contributed by atoms with Crippen molar-refractivity contribution in [2.75, 3.05) is 31.9 Å². The molecular weight excluding hydrogens is 462 g/mol. The minimum Gasteiger partial charge on any atom is -0.457 e. The monoisotopic (exact) mass is 495 g/mol. The highest BCUT2D eigenvalue weighted by Crippen LogP contribution is 2.41. The van der Waals surface area contributed by atoms with Crippen molar-refractivity contribution in [1.82, 2.24) is 30.0 Å². The molecule has 8 heteroatoms. The molecule has 1 saturated carbocycles. The standard InChI is InChI=1S/C29H33N7O/c30-28-26-27(19-8-10-25(11-9-19)37-24-6-2-1-3-7-24)34-36(29(26)33-18-32-28)22-5-4-12-35(17-22)23-13-20(14-23)21-15-31-16-21/h1-3,6-11,18,20-23,31H,4-5,12-17H2,(H2,30,32,33)/t20?,22-,23?/m1/s1. The maximum Gasteiger partial charge on any atom is 0.164 e. The first-order chi connectivity index (χ1) is 18.2. The van der Waals surface area contributed by atoms with Crippen LogP contribution < -0.4 is 15.8 Å². The molecule has 3 N–H and O–H groups in total. The highest BCUT2D eigenvalue weighted by Gasteiger charge is 2.41. The van der Waals surface area contributed by atoms with Crippen LogP contribution in [0.3, 0.4) is 0 Å². The van der Waals surface area contributed by atoms with Crippen molar-refractivity contribution in [3.63, 3.8) is 0 Å². The summed E-state index contributed by atoms with van der Waals surface area (Å²) in [7, 11) is 0. The third-order valence-electron chi connectivity index (χ3n) is 8.54. The Hall–Kier alpha value is -3.49. The molecule has 37 heavy (non-hydrogen) atoms. The van der Waals surface area contributed by atoms with Crippen molar-refractivity contribution < 1.29 is 4.74 Å². The van der Waals surface area contributed by atoms with E-state index in [-0.39, 0.29) is 6.04 Å². The number of fused-ring (bicyclic) bond motifs is 1. The van der Waals surface area contributed by atoms with Gasteiger partial charge in [0.1, 0.15) is 29.3 Å². The zero-order chi connectivity index (χ0) is 24.8. The quantitative estimate of drug-likeness (QED) is 0.407. The average Bonchev–Trinajstić information content (AvgIpc) is 3.27. The van der Waals surface area contributed by atoms with E-state index in [0.29, 0.717) is 11.9 Å². The Morgan fingerprint density at radius 3 is 2.43 bits per heavy atom. The van der Waals surface area contributed by atoms with Gasteiger partial charge < -0.3 is 15.8 Å². The van der Waals surface area contributed by atoms with Gasteiger partial charge in [0.05, 0.1) is 11.4 Å². The van der Waals surface area contributed by atoms with Gasteiger partial charge >= 0.3 is 0 Å². The molecule has 0 unspecified atom stereocenters. The topological polar surface area (TPSA) is 94.1 Å². The van der Waals surface area contributed by atoms with E-state index in [4.69, 9.17) is 15.6 Å². The first-order valence-corrected chi connectivity index (χ1v) is 13.5. The van der Waals surface area contributed by atoms with E-state index in [1.807, 2.05) is 54.6 Å². The molecule has 2 saturated heterocycles. The molecule has 4 heterocycles. The van der Waals surface area contributed by atoms with Crippen LogP contribution in [0.1, 0.15) is 31.7 Å². The highest BCUT2D eigenvalue weighted by atomic mass is 16.5. The van der Waals surface area contributed by atoms with Crippen LogP contribution in [0.2, 0.25) is 0 Å². The Balaban J connectivity index is 1.14. The molecule has 1 aliphatic carbocycles. The maximum atomic E-state index is 6.39. The third kappa shape index (κ3) is 4.24. The van der Waals surface area contributed by atoms with Crippen LogP contribution in [-0.2, 0) is 0 Å². The Bertz CT molecular complexity index is 1380. The predicted molar refractivity (Wildman–Crippen MR) is 144 cm³/mol. The summed E-state index contributed by atoms with van der Waals surface area (Å²) < 4.78 is 8.10. The first kappa shape index (κ1) is 22.7. The van der Waals surface area contributed by atoms with E-state index in [9.17, 15) is 0 Å². The molecule has 0 radical (unpaired) electrons. The van der Waals surface area contributed by atoms with E-state index in [1.165, 1.54) is 38.9 Å². The van der Waals surface area contributed by atoms with Gasteiger partial charge in [-0.05, 0) is 93.6 Å². The molecular formula is C29H33N7O. The SMILES string of the molecule is Nc1ncnc2c1c(-c1ccc(Oc3ccccc3)cc1)nn2[C@@H]1CCCN(C2CC(C3CNC3)C2)C1. The molecule has 2 aliphatic heterocycles. The summed E-state index contributed by atoms with van der Waals surface area (Å²) in [5, 5.41) is 9.38. The summed E-state index contributed by atoms with van der Waals surface area (Å²) in [6.07, 6.45) is 6.52. The highest BCUT2D eigenvalue weighted by molar-refractivity contribution is 5.98. The maximum absolute atomic E-state index is 6.39. The Morgan fingerprint density at radius 1 is 0.892 bits per heavy atom. The molecule has 2 aromatic carbocycles. The Kier molecular flexibility index (Phi) is 5.78. The molecule has 190 valence electrons. The molecule has 0 spiro atoms. The third-order valence-corrected chi connectivity index (χ3v) is 8.54. The van der Waals surface area contributed by atoms with Crippen LogP contribution in [-0.4, -0.2) is 56.9 Å². The summed E-state index contributed by atoms with van der Waals surface area (Å²) >= 11 is 0. The molecule has 2 aromatic heterocycles. The Morgan fingerprint density at radius 2 is 1.68 bits per heavy atom. The smallest absolute Gasteiger partial charge is 0.164 e. The fraction of sp³-hybridized carbons (Fsp3) is 0.414. The van der Waals surface area contributed by atoms with Gasteiger partial charge in [0.2, 0.25) is 0 Å². The summed E-state index contributed by atoms with van der Waals surface area (Å²) in [5.41, 5.74) is 9.03. The van der Waals surface area contributed by atoms with Gasteiger partial charge in [-0.25, -0.2) is 14.6 Å². The zero-order valence-electron chi connectivity index (χ0n) is 21.0. The van der Waals surface area contributed by atoms with Gasteiger partial charge in [-0.1, -0.05) is 18.2 Å². The van der Waals surface area contributed by atoms with Crippen LogP contribution in [0.15, 0.2) is 60.9 Å². The number of benzene rings is 2. The minimum absolute atomic E-state index is 0.282. The lowest BCUT2D eigenvalue weighted by Gasteiger charge is -2.50.